The number of nitrogens with zero attached hydrogens (tertiary/aromatic N) is 3. The molecule has 1 amide bonds. The molecule has 224 valence electrons. The molecule has 3 heterocycles. The molecule has 9 nitrogen and oxygen atoms in total. The number of hydrogen-bond acceptors (Lipinski definition) is 7. The molecule has 2 aromatic heterocycles. The number of ether oxygens (including phenoxy) is 1. The average molecular weight is 582 g/mol. The minimum atomic E-state index is -3.91. The van der Waals surface area contributed by atoms with Gasteiger partial charge in [0.25, 0.3) is 5.91 Å². The monoisotopic (exact) mass is 581 g/mol. The number of aryl methyl sites for hydroxylation is 2. The summed E-state index contributed by atoms with van der Waals surface area (Å²) < 4.78 is 35.1. The molecule has 1 aliphatic rings. The fourth-order valence-electron chi connectivity index (χ4n) is 4.79. The van der Waals surface area contributed by atoms with Gasteiger partial charge in [0.15, 0.2) is 0 Å². The molecule has 3 N–H and O–H groups in total. The van der Waals surface area contributed by atoms with E-state index in [0.717, 1.165) is 68.2 Å². The van der Waals surface area contributed by atoms with Crippen LogP contribution in [-0.2, 0) is 28.4 Å². The number of para-hydroxylation sites is 1. The van der Waals surface area contributed by atoms with Gasteiger partial charge in [0.05, 0.1) is 0 Å². The molecule has 0 radical (unpaired) electrons. The highest BCUT2D eigenvalue weighted by molar-refractivity contribution is 5.88. The largest absolute Gasteiger partial charge is 0.492 e. The molecule has 4 rings (SSSR count). The second-order valence-corrected chi connectivity index (χ2v) is 10.3. The van der Waals surface area contributed by atoms with Crippen molar-refractivity contribution in [3.8, 4) is 5.75 Å². The summed E-state index contributed by atoms with van der Waals surface area (Å²) >= 11 is 0. The zero-order chi connectivity index (χ0) is 29.8. The zero-order valence-electron chi connectivity index (χ0n) is 23.5. The van der Waals surface area contributed by atoms with Crippen LogP contribution < -0.4 is 15.4 Å². The van der Waals surface area contributed by atoms with Gasteiger partial charge in [0.1, 0.15) is 24.2 Å². The van der Waals surface area contributed by atoms with Crippen LogP contribution in [0.15, 0.2) is 67.0 Å². The topological polar surface area (TPSA) is 117 Å². The first-order valence-corrected chi connectivity index (χ1v) is 14.3. The van der Waals surface area contributed by atoms with Gasteiger partial charge in [-0.25, -0.2) is 9.78 Å². The van der Waals surface area contributed by atoms with E-state index in [4.69, 9.17) is 9.72 Å². The number of fused-ring (bicyclic) bond motifs is 1. The van der Waals surface area contributed by atoms with Crippen LogP contribution in [0, 0.1) is 0 Å². The summed E-state index contributed by atoms with van der Waals surface area (Å²) in [5, 5.41) is 15.1. The van der Waals surface area contributed by atoms with Crippen LogP contribution >= 0.6 is 0 Å². The Bertz CT molecular complexity index is 1300. The number of amides is 1. The van der Waals surface area contributed by atoms with Gasteiger partial charge in [-0.15, -0.1) is 0 Å². The maximum absolute atomic E-state index is 14.7. The van der Waals surface area contributed by atoms with Crippen molar-refractivity contribution in [3.63, 3.8) is 0 Å². The molecular formula is C31H37F2N5O4. The van der Waals surface area contributed by atoms with Gasteiger partial charge < -0.3 is 20.5 Å². The number of carbonyl (C=O) groups excluding carboxylic acids is 1. The van der Waals surface area contributed by atoms with Gasteiger partial charge in [-0.05, 0) is 81.0 Å². The van der Waals surface area contributed by atoms with Gasteiger partial charge in [-0.3, -0.25) is 14.7 Å². The predicted molar refractivity (Wildman–Crippen MR) is 155 cm³/mol. The van der Waals surface area contributed by atoms with Gasteiger partial charge in [0, 0.05) is 43.3 Å². The summed E-state index contributed by atoms with van der Waals surface area (Å²) in [7, 11) is 0. The van der Waals surface area contributed by atoms with Gasteiger partial charge in [-0.1, -0.05) is 24.3 Å². The van der Waals surface area contributed by atoms with E-state index in [1.807, 2.05) is 40.5 Å². The first kappa shape index (κ1) is 30.8. The van der Waals surface area contributed by atoms with Crippen molar-refractivity contribution in [3.05, 3.63) is 83.8 Å². The third kappa shape index (κ3) is 8.94. The van der Waals surface area contributed by atoms with E-state index in [9.17, 15) is 23.5 Å². The number of rotatable bonds is 16. The molecule has 42 heavy (non-hydrogen) atoms. The fourth-order valence-corrected chi connectivity index (χ4v) is 4.79. The van der Waals surface area contributed by atoms with Crippen molar-refractivity contribution in [2.24, 2.45) is 0 Å². The number of halogens is 2. The van der Waals surface area contributed by atoms with Crippen molar-refractivity contribution < 1.29 is 28.2 Å². The lowest BCUT2D eigenvalue weighted by molar-refractivity contribution is -0.152. The maximum Gasteiger partial charge on any atom is 0.351 e. The summed E-state index contributed by atoms with van der Waals surface area (Å²) in [5.74, 6) is -5.27. The number of carboxylic acid groups (broad SMARTS) is 1. The second-order valence-electron chi connectivity index (χ2n) is 10.3. The van der Waals surface area contributed by atoms with Crippen LogP contribution in [0.1, 0.15) is 42.5 Å². The number of pyridine rings is 2. The SMILES string of the molecule is O=C(O)C(CCN(CCCCc1ccc2c(n1)NCCC2)CCOc1ccccc1)NC(=O)C(F)(F)c1cccnc1. The average Bonchev–Trinajstić information content (AvgIpc) is 3.01. The van der Waals surface area contributed by atoms with E-state index in [1.54, 1.807) is 0 Å². The Hall–Kier alpha value is -4.12. The first-order chi connectivity index (χ1) is 20.3. The molecule has 1 aromatic carbocycles. The van der Waals surface area contributed by atoms with Crippen molar-refractivity contribution in [1.29, 1.82) is 0 Å². The lowest BCUT2D eigenvalue weighted by Gasteiger charge is -2.25. The summed E-state index contributed by atoms with van der Waals surface area (Å²) in [6, 6.07) is 14.4. The number of unbranched alkanes of at least 4 members (excludes halogenated alkanes) is 1. The van der Waals surface area contributed by atoms with Crippen molar-refractivity contribution in [1.82, 2.24) is 20.2 Å². The van der Waals surface area contributed by atoms with E-state index < -0.39 is 29.4 Å². The number of anilines is 1. The van der Waals surface area contributed by atoms with Gasteiger partial charge in [0.2, 0.25) is 0 Å². The van der Waals surface area contributed by atoms with Crippen LogP contribution in [0.2, 0.25) is 0 Å². The van der Waals surface area contributed by atoms with E-state index in [-0.39, 0.29) is 13.0 Å². The van der Waals surface area contributed by atoms with Crippen LogP contribution in [0.25, 0.3) is 0 Å². The molecule has 1 atom stereocenters. The quantitative estimate of drug-likeness (QED) is 0.215. The van der Waals surface area contributed by atoms with E-state index in [2.05, 4.69) is 22.4 Å². The molecular weight excluding hydrogens is 544 g/mol. The zero-order valence-corrected chi connectivity index (χ0v) is 23.5. The third-order valence-corrected chi connectivity index (χ3v) is 7.18. The summed E-state index contributed by atoms with van der Waals surface area (Å²) in [5.41, 5.74) is 1.66. The number of aliphatic carboxylic acids is 1. The van der Waals surface area contributed by atoms with Crippen LogP contribution in [0.3, 0.4) is 0 Å². The van der Waals surface area contributed by atoms with Crippen LogP contribution in [-0.4, -0.2) is 70.7 Å². The van der Waals surface area contributed by atoms with Crippen LogP contribution in [0.4, 0.5) is 14.6 Å². The van der Waals surface area contributed by atoms with E-state index in [1.165, 1.54) is 17.8 Å². The Morgan fingerprint density at radius 1 is 1.07 bits per heavy atom. The number of aromatic nitrogens is 2. The maximum atomic E-state index is 14.7. The summed E-state index contributed by atoms with van der Waals surface area (Å²) in [6.45, 7) is 2.72. The highest BCUT2D eigenvalue weighted by Gasteiger charge is 2.42. The van der Waals surface area contributed by atoms with Crippen molar-refractivity contribution >= 4 is 17.7 Å². The molecule has 0 saturated heterocycles. The predicted octanol–water partition coefficient (Wildman–Crippen LogP) is 4.29. The minimum Gasteiger partial charge on any atom is -0.492 e. The van der Waals surface area contributed by atoms with Crippen molar-refractivity contribution in [2.45, 2.75) is 50.5 Å². The molecule has 0 fully saturated rings. The molecule has 0 bridgehead atoms. The Labute approximate surface area is 244 Å². The Morgan fingerprint density at radius 2 is 1.90 bits per heavy atom. The lowest BCUT2D eigenvalue weighted by Crippen LogP contribution is -2.48. The normalized spacial score (nSPS) is 13.6. The number of alkyl halides is 2. The van der Waals surface area contributed by atoms with E-state index in [0.29, 0.717) is 19.7 Å². The van der Waals surface area contributed by atoms with Gasteiger partial charge in [-0.2, -0.15) is 8.78 Å². The number of hydrogen-bond donors (Lipinski definition) is 3. The molecule has 1 unspecified atom stereocenters. The number of benzene rings is 1. The van der Waals surface area contributed by atoms with Gasteiger partial charge >= 0.3 is 11.9 Å². The molecule has 3 aromatic rings. The standard InChI is InChI=1S/C31H37F2N5O4/c32-31(33,24-9-7-16-34-22-24)30(41)37-27(29(39)40)15-19-38(20-21-42-26-11-2-1-3-12-26)18-5-4-10-25-14-13-23-8-6-17-35-28(23)36-25/h1-3,7,9,11-14,16,22,27H,4-6,8,10,15,17-21H2,(H,35,36)(H,37,41)(H,39,40). The Kier molecular flexibility index (Phi) is 11.2. The highest BCUT2D eigenvalue weighted by Crippen LogP contribution is 2.27. The summed E-state index contributed by atoms with van der Waals surface area (Å²) in [4.78, 5) is 34.7. The molecule has 1 aliphatic heterocycles. The molecule has 11 heteroatoms. The third-order valence-electron chi connectivity index (χ3n) is 7.18. The fraction of sp³-hybridized carbons (Fsp3) is 0.419. The minimum absolute atomic E-state index is 0.0480. The van der Waals surface area contributed by atoms with Crippen LogP contribution in [0.5, 0.6) is 5.75 Å². The highest BCUT2D eigenvalue weighted by atomic mass is 19.3. The van der Waals surface area contributed by atoms with Crippen molar-refractivity contribution in [2.75, 3.05) is 38.1 Å². The lowest BCUT2D eigenvalue weighted by atomic mass is 10.1. The molecule has 0 saturated carbocycles. The second kappa shape index (κ2) is 15.2. The number of carboxylic acids is 1. The number of nitrogens with one attached hydrogen (secondary N) is 2. The summed E-state index contributed by atoms with van der Waals surface area (Å²) in [6.07, 6.45) is 6.80. The molecule has 0 spiro atoms. The molecule has 0 aliphatic carbocycles. The Balaban J connectivity index is 1.32. The first-order valence-electron chi connectivity index (χ1n) is 14.3. The van der Waals surface area contributed by atoms with E-state index >= 15 is 0 Å². The number of carbonyl (C=O) groups is 2. The smallest absolute Gasteiger partial charge is 0.351 e. The Morgan fingerprint density at radius 3 is 2.67 bits per heavy atom.